The molecule has 0 aromatic heterocycles. The maximum Gasteiger partial charge on any atom is 0.302 e. The topological polar surface area (TPSA) is 26.3 Å². The maximum atomic E-state index is 10.7. The van der Waals surface area contributed by atoms with Gasteiger partial charge in [-0.25, -0.2) is 0 Å². The van der Waals surface area contributed by atoms with Gasteiger partial charge in [0.05, 0.1) is 6.61 Å². The number of carbonyl (C=O) groups excluding carboxylic acids is 1. The van der Waals surface area contributed by atoms with E-state index >= 15 is 0 Å². The van der Waals surface area contributed by atoms with Crippen LogP contribution in [0.3, 0.4) is 0 Å². The summed E-state index contributed by atoms with van der Waals surface area (Å²) in [4.78, 5) is 10.7. The molecule has 2 aromatic rings. The molecule has 0 unspecified atom stereocenters. The number of rotatable bonds is 5. The average Bonchev–Trinajstić information content (AvgIpc) is 2.42. The molecule has 2 heteroatoms. The van der Waals surface area contributed by atoms with Crippen LogP contribution in [-0.2, 0) is 22.4 Å². The molecule has 0 spiro atoms. The first-order valence-electron chi connectivity index (χ1n) is 6.49. The first-order chi connectivity index (χ1) is 9.24. The van der Waals surface area contributed by atoms with Crippen molar-refractivity contribution in [1.29, 1.82) is 0 Å². The van der Waals surface area contributed by atoms with Crippen LogP contribution in [0.1, 0.15) is 23.6 Å². The van der Waals surface area contributed by atoms with Crippen molar-refractivity contribution in [1.82, 2.24) is 0 Å². The maximum absolute atomic E-state index is 10.7. The number of ether oxygens (including phenoxy) is 1. The summed E-state index contributed by atoms with van der Waals surface area (Å²) in [6.07, 6.45) is 1.72. The van der Waals surface area contributed by atoms with Gasteiger partial charge >= 0.3 is 5.97 Å². The Bertz CT molecular complexity index is 515. The van der Waals surface area contributed by atoms with Crippen molar-refractivity contribution in [3.05, 3.63) is 71.3 Å². The summed E-state index contributed by atoms with van der Waals surface area (Å²) < 4.78 is 4.93. The Morgan fingerprint density at radius 1 is 0.895 bits per heavy atom. The summed E-state index contributed by atoms with van der Waals surface area (Å²) in [5, 5.41) is 0. The fraction of sp³-hybridized carbons (Fsp3) is 0.235. The van der Waals surface area contributed by atoms with Crippen LogP contribution in [0.4, 0.5) is 0 Å². The summed E-state index contributed by atoms with van der Waals surface area (Å²) in [7, 11) is 0. The zero-order valence-corrected chi connectivity index (χ0v) is 11.1. The molecule has 0 N–H and O–H groups in total. The van der Waals surface area contributed by atoms with Crippen LogP contribution < -0.4 is 0 Å². The molecule has 0 aliphatic rings. The molecule has 98 valence electrons. The van der Waals surface area contributed by atoms with Gasteiger partial charge < -0.3 is 4.74 Å². The van der Waals surface area contributed by atoms with Crippen LogP contribution >= 0.6 is 0 Å². The lowest BCUT2D eigenvalue weighted by Crippen LogP contribution is -2.03. The molecule has 0 fully saturated rings. The molecule has 0 saturated carbocycles. The lowest BCUT2D eigenvalue weighted by atomic mass is 10.0. The monoisotopic (exact) mass is 254 g/mol. The summed E-state index contributed by atoms with van der Waals surface area (Å²) in [5.74, 6) is -0.222. The molecule has 0 bridgehead atoms. The van der Waals surface area contributed by atoms with Gasteiger partial charge in [0.1, 0.15) is 0 Å². The Morgan fingerprint density at radius 3 is 2.11 bits per heavy atom. The highest BCUT2D eigenvalue weighted by atomic mass is 16.5. The molecular weight excluding hydrogens is 236 g/mol. The van der Waals surface area contributed by atoms with E-state index in [1.165, 1.54) is 23.6 Å². The second-order valence-corrected chi connectivity index (χ2v) is 4.57. The summed E-state index contributed by atoms with van der Waals surface area (Å²) in [6, 6.07) is 18.9. The minimum absolute atomic E-state index is 0.222. The Labute approximate surface area is 114 Å². The zero-order chi connectivity index (χ0) is 13.5. The Kier molecular flexibility index (Phi) is 4.73. The standard InChI is InChI=1S/C17H18O2/c1-14(18)19-12-11-15-7-9-17(10-8-15)13-16-5-3-2-4-6-16/h2-10H,11-13H2,1H3. The number of benzene rings is 2. The summed E-state index contributed by atoms with van der Waals surface area (Å²) in [5.41, 5.74) is 3.80. The second-order valence-electron chi connectivity index (χ2n) is 4.57. The SMILES string of the molecule is CC(=O)OCCc1ccc(Cc2ccccc2)cc1. The lowest BCUT2D eigenvalue weighted by Gasteiger charge is -2.05. The van der Waals surface area contributed by atoms with Gasteiger partial charge in [0.2, 0.25) is 0 Å². The van der Waals surface area contributed by atoms with Crippen molar-refractivity contribution >= 4 is 5.97 Å². The minimum Gasteiger partial charge on any atom is -0.466 e. The first-order valence-corrected chi connectivity index (χ1v) is 6.49. The van der Waals surface area contributed by atoms with Crippen molar-refractivity contribution in [2.75, 3.05) is 6.61 Å². The fourth-order valence-corrected chi connectivity index (χ4v) is 1.97. The van der Waals surface area contributed by atoms with E-state index in [-0.39, 0.29) is 5.97 Å². The fourth-order valence-electron chi connectivity index (χ4n) is 1.97. The third-order valence-corrected chi connectivity index (χ3v) is 2.97. The Hall–Kier alpha value is -2.09. The molecule has 2 nitrogen and oxygen atoms in total. The van der Waals surface area contributed by atoms with E-state index in [1.54, 1.807) is 0 Å². The molecule has 2 aromatic carbocycles. The normalized spacial score (nSPS) is 10.2. The molecule has 0 saturated heterocycles. The highest BCUT2D eigenvalue weighted by Gasteiger charge is 1.98. The largest absolute Gasteiger partial charge is 0.466 e. The van der Waals surface area contributed by atoms with Crippen LogP contribution in [0.15, 0.2) is 54.6 Å². The van der Waals surface area contributed by atoms with Crippen LogP contribution in [0.5, 0.6) is 0 Å². The van der Waals surface area contributed by atoms with Crippen LogP contribution in [-0.4, -0.2) is 12.6 Å². The molecule has 0 aliphatic carbocycles. The third-order valence-electron chi connectivity index (χ3n) is 2.97. The smallest absolute Gasteiger partial charge is 0.302 e. The van der Waals surface area contributed by atoms with Crippen LogP contribution in [0, 0.1) is 0 Å². The number of hydrogen-bond acceptors (Lipinski definition) is 2. The number of esters is 1. The molecule has 19 heavy (non-hydrogen) atoms. The van der Waals surface area contributed by atoms with Gasteiger partial charge in [-0.15, -0.1) is 0 Å². The lowest BCUT2D eigenvalue weighted by molar-refractivity contribution is -0.140. The highest BCUT2D eigenvalue weighted by molar-refractivity contribution is 5.65. The Morgan fingerprint density at radius 2 is 1.47 bits per heavy atom. The predicted molar refractivity (Wildman–Crippen MR) is 76.0 cm³/mol. The second kappa shape index (κ2) is 6.74. The first kappa shape index (κ1) is 13.3. The van der Waals surface area contributed by atoms with E-state index in [9.17, 15) is 4.79 Å². The van der Waals surface area contributed by atoms with Crippen LogP contribution in [0.25, 0.3) is 0 Å². The molecule has 0 atom stereocenters. The number of hydrogen-bond donors (Lipinski definition) is 0. The van der Waals surface area contributed by atoms with Crippen molar-refractivity contribution in [2.24, 2.45) is 0 Å². The van der Waals surface area contributed by atoms with Gasteiger partial charge in [-0.3, -0.25) is 4.79 Å². The quantitative estimate of drug-likeness (QED) is 0.765. The highest BCUT2D eigenvalue weighted by Crippen LogP contribution is 2.11. The minimum atomic E-state index is -0.222. The number of carbonyl (C=O) groups is 1. The average molecular weight is 254 g/mol. The van der Waals surface area contributed by atoms with E-state index in [4.69, 9.17) is 4.74 Å². The van der Waals surface area contributed by atoms with Gasteiger partial charge in [-0.2, -0.15) is 0 Å². The van der Waals surface area contributed by atoms with E-state index in [0.717, 1.165) is 12.8 Å². The third kappa shape index (κ3) is 4.59. The predicted octanol–water partition coefficient (Wildman–Crippen LogP) is 3.38. The van der Waals surface area contributed by atoms with Gasteiger partial charge in [0, 0.05) is 13.3 Å². The van der Waals surface area contributed by atoms with Crippen molar-refractivity contribution in [3.8, 4) is 0 Å². The van der Waals surface area contributed by atoms with Crippen molar-refractivity contribution in [3.63, 3.8) is 0 Å². The van der Waals surface area contributed by atoms with Crippen molar-refractivity contribution < 1.29 is 9.53 Å². The molecule has 2 rings (SSSR count). The van der Waals surface area contributed by atoms with E-state index in [1.807, 2.05) is 6.07 Å². The van der Waals surface area contributed by atoms with Gasteiger partial charge in [0.15, 0.2) is 0 Å². The molecule has 0 amide bonds. The summed E-state index contributed by atoms with van der Waals surface area (Å²) >= 11 is 0. The van der Waals surface area contributed by atoms with Gasteiger partial charge in [-0.05, 0) is 23.1 Å². The van der Waals surface area contributed by atoms with Gasteiger partial charge in [-0.1, -0.05) is 54.6 Å². The summed E-state index contributed by atoms with van der Waals surface area (Å²) in [6.45, 7) is 1.89. The van der Waals surface area contributed by atoms with E-state index < -0.39 is 0 Å². The van der Waals surface area contributed by atoms with Crippen molar-refractivity contribution in [2.45, 2.75) is 19.8 Å². The molecular formula is C17H18O2. The molecule has 0 aliphatic heterocycles. The molecule has 0 heterocycles. The van der Waals surface area contributed by atoms with E-state index in [2.05, 4.69) is 48.5 Å². The molecule has 0 radical (unpaired) electrons. The van der Waals surface area contributed by atoms with Crippen LogP contribution in [0.2, 0.25) is 0 Å². The van der Waals surface area contributed by atoms with Gasteiger partial charge in [0.25, 0.3) is 0 Å². The Balaban J connectivity index is 1.89. The van der Waals surface area contributed by atoms with E-state index in [0.29, 0.717) is 6.61 Å². The zero-order valence-electron chi connectivity index (χ0n) is 11.1.